The van der Waals surface area contributed by atoms with Crippen LogP contribution in [0.25, 0.3) is 0 Å². The molecule has 3 nitrogen and oxygen atoms in total. The van der Waals surface area contributed by atoms with Crippen LogP contribution in [0.15, 0.2) is 71.3 Å². The molecule has 0 aliphatic heterocycles. The van der Waals surface area contributed by atoms with Crippen LogP contribution >= 0.6 is 15.9 Å². The van der Waals surface area contributed by atoms with Crippen LogP contribution in [-0.2, 0) is 13.1 Å². The van der Waals surface area contributed by atoms with Gasteiger partial charge in [0, 0.05) is 35.0 Å². The normalized spacial score (nSPS) is 10.8. The molecular weight excluding hydrogens is 419 g/mol. The van der Waals surface area contributed by atoms with E-state index in [9.17, 15) is 9.18 Å². The molecule has 0 aliphatic carbocycles. The molecule has 0 saturated heterocycles. The van der Waals surface area contributed by atoms with Gasteiger partial charge in [-0.05, 0) is 60.5 Å². The van der Waals surface area contributed by atoms with Crippen molar-refractivity contribution in [2.75, 3.05) is 6.54 Å². The highest BCUT2D eigenvalue weighted by molar-refractivity contribution is 9.10. The Labute approximate surface area is 173 Å². The third kappa shape index (κ3) is 5.32. The number of carbonyl (C=O) groups excluding carboxylic acids is 1. The quantitative estimate of drug-likeness (QED) is 0.427. The minimum atomic E-state index is -0.333. The second kappa shape index (κ2) is 9.69. The average molecular weight is 443 g/mol. The van der Waals surface area contributed by atoms with Gasteiger partial charge in [0.1, 0.15) is 5.82 Å². The molecule has 0 radical (unpaired) electrons. The minimum absolute atomic E-state index is 0.0650. The predicted octanol–water partition coefficient (Wildman–Crippen LogP) is 5.88. The minimum Gasteiger partial charge on any atom is -0.345 e. The van der Waals surface area contributed by atoms with E-state index >= 15 is 0 Å². The van der Waals surface area contributed by atoms with E-state index < -0.39 is 0 Å². The molecule has 2 aromatic carbocycles. The predicted molar refractivity (Wildman–Crippen MR) is 114 cm³/mol. The zero-order chi connectivity index (χ0) is 19.9. The number of unbranched alkanes of at least 4 members (excludes halogenated alkanes) is 1. The molecule has 0 N–H and O–H groups in total. The van der Waals surface area contributed by atoms with Crippen molar-refractivity contribution in [1.29, 1.82) is 0 Å². The first kappa shape index (κ1) is 20.3. The summed E-state index contributed by atoms with van der Waals surface area (Å²) in [5.41, 5.74) is 2.80. The molecule has 0 fully saturated rings. The van der Waals surface area contributed by atoms with Crippen molar-refractivity contribution < 1.29 is 9.18 Å². The first-order valence-corrected chi connectivity index (χ1v) is 10.3. The van der Waals surface area contributed by atoms with Crippen molar-refractivity contribution in [3.8, 4) is 0 Å². The molecular formula is C23H24BrFN2O. The SMILES string of the molecule is CCCCN(Cc1cccn1Cc1ccc(Br)cc1)C(=O)c1ccc(F)cc1. The van der Waals surface area contributed by atoms with Crippen molar-refractivity contribution in [3.63, 3.8) is 0 Å². The number of hydrogen-bond acceptors (Lipinski definition) is 1. The van der Waals surface area contributed by atoms with Gasteiger partial charge in [-0.25, -0.2) is 4.39 Å². The van der Waals surface area contributed by atoms with Gasteiger partial charge < -0.3 is 9.47 Å². The molecule has 3 rings (SSSR count). The van der Waals surface area contributed by atoms with Crippen LogP contribution in [0, 0.1) is 5.82 Å². The lowest BCUT2D eigenvalue weighted by Crippen LogP contribution is -2.32. The molecule has 0 saturated carbocycles. The van der Waals surface area contributed by atoms with Gasteiger partial charge in [-0.2, -0.15) is 0 Å². The number of amides is 1. The van der Waals surface area contributed by atoms with Crippen molar-refractivity contribution >= 4 is 21.8 Å². The lowest BCUT2D eigenvalue weighted by atomic mass is 10.1. The van der Waals surface area contributed by atoms with Crippen molar-refractivity contribution in [2.24, 2.45) is 0 Å². The monoisotopic (exact) mass is 442 g/mol. The summed E-state index contributed by atoms with van der Waals surface area (Å²) < 4.78 is 16.4. The number of aromatic nitrogens is 1. The molecule has 0 aliphatic rings. The molecule has 0 unspecified atom stereocenters. The third-order valence-electron chi connectivity index (χ3n) is 4.70. The summed E-state index contributed by atoms with van der Waals surface area (Å²) in [5, 5.41) is 0. The van der Waals surface area contributed by atoms with Gasteiger partial charge in [0.25, 0.3) is 5.91 Å². The zero-order valence-corrected chi connectivity index (χ0v) is 17.5. The van der Waals surface area contributed by atoms with E-state index in [-0.39, 0.29) is 11.7 Å². The Morgan fingerprint density at radius 1 is 1.07 bits per heavy atom. The topological polar surface area (TPSA) is 25.2 Å². The molecule has 0 atom stereocenters. The fraction of sp³-hybridized carbons (Fsp3) is 0.261. The van der Waals surface area contributed by atoms with Crippen LogP contribution < -0.4 is 0 Å². The van der Waals surface area contributed by atoms with E-state index in [1.54, 1.807) is 12.1 Å². The van der Waals surface area contributed by atoms with Crippen molar-refractivity contribution in [3.05, 3.63) is 94.0 Å². The number of nitrogens with zero attached hydrogens (tertiary/aromatic N) is 2. The molecule has 1 aromatic heterocycles. The molecule has 5 heteroatoms. The summed E-state index contributed by atoms with van der Waals surface area (Å²) in [4.78, 5) is 14.8. The Kier molecular flexibility index (Phi) is 7.04. The van der Waals surface area contributed by atoms with E-state index in [1.807, 2.05) is 29.3 Å². The highest BCUT2D eigenvalue weighted by Crippen LogP contribution is 2.16. The maximum Gasteiger partial charge on any atom is 0.254 e. The molecule has 146 valence electrons. The van der Waals surface area contributed by atoms with Gasteiger partial charge in [0.05, 0.1) is 6.54 Å². The van der Waals surface area contributed by atoms with Crippen LogP contribution in [-0.4, -0.2) is 21.9 Å². The Morgan fingerprint density at radius 3 is 2.46 bits per heavy atom. The summed E-state index contributed by atoms with van der Waals surface area (Å²) in [6.45, 7) is 4.06. The Bertz CT molecular complexity index is 903. The smallest absolute Gasteiger partial charge is 0.254 e. The van der Waals surface area contributed by atoms with Crippen LogP contribution in [0.1, 0.15) is 41.4 Å². The van der Waals surface area contributed by atoms with E-state index in [4.69, 9.17) is 0 Å². The Morgan fingerprint density at radius 2 is 1.79 bits per heavy atom. The van der Waals surface area contributed by atoms with Gasteiger partial charge >= 0.3 is 0 Å². The number of halogens is 2. The van der Waals surface area contributed by atoms with Crippen LogP contribution in [0.5, 0.6) is 0 Å². The molecule has 3 aromatic rings. The maximum atomic E-state index is 13.2. The van der Waals surface area contributed by atoms with Gasteiger partial charge in [0.2, 0.25) is 0 Å². The van der Waals surface area contributed by atoms with Gasteiger partial charge in [-0.1, -0.05) is 41.4 Å². The molecule has 0 spiro atoms. The summed E-state index contributed by atoms with van der Waals surface area (Å²) in [6, 6.07) is 18.1. The molecule has 1 heterocycles. The highest BCUT2D eigenvalue weighted by Gasteiger charge is 2.17. The van der Waals surface area contributed by atoms with Crippen molar-refractivity contribution in [2.45, 2.75) is 32.9 Å². The fourth-order valence-corrected chi connectivity index (χ4v) is 3.37. The van der Waals surface area contributed by atoms with E-state index in [0.717, 1.165) is 29.6 Å². The second-order valence-corrected chi connectivity index (χ2v) is 7.76. The molecule has 0 bridgehead atoms. The summed E-state index contributed by atoms with van der Waals surface area (Å²) in [5.74, 6) is -0.398. The third-order valence-corrected chi connectivity index (χ3v) is 5.23. The number of rotatable bonds is 8. The number of benzene rings is 2. The zero-order valence-electron chi connectivity index (χ0n) is 15.9. The summed E-state index contributed by atoms with van der Waals surface area (Å²) >= 11 is 3.46. The van der Waals surface area contributed by atoms with Crippen LogP contribution in [0.4, 0.5) is 4.39 Å². The second-order valence-electron chi connectivity index (χ2n) is 6.84. The molecule has 28 heavy (non-hydrogen) atoms. The first-order chi connectivity index (χ1) is 13.6. The van der Waals surface area contributed by atoms with E-state index in [2.05, 4.69) is 45.6 Å². The van der Waals surface area contributed by atoms with Gasteiger partial charge in [0.15, 0.2) is 0 Å². The Hall–Kier alpha value is -2.40. The lowest BCUT2D eigenvalue weighted by Gasteiger charge is -2.24. The van der Waals surface area contributed by atoms with E-state index in [0.29, 0.717) is 18.7 Å². The summed E-state index contributed by atoms with van der Waals surface area (Å²) in [7, 11) is 0. The lowest BCUT2D eigenvalue weighted by molar-refractivity contribution is 0.0737. The molecule has 1 amide bonds. The van der Waals surface area contributed by atoms with Gasteiger partial charge in [-0.3, -0.25) is 4.79 Å². The van der Waals surface area contributed by atoms with E-state index in [1.165, 1.54) is 17.7 Å². The van der Waals surface area contributed by atoms with Crippen LogP contribution in [0.3, 0.4) is 0 Å². The maximum absolute atomic E-state index is 13.2. The van der Waals surface area contributed by atoms with Gasteiger partial charge in [-0.15, -0.1) is 0 Å². The number of hydrogen-bond donors (Lipinski definition) is 0. The average Bonchev–Trinajstić information content (AvgIpc) is 3.13. The largest absolute Gasteiger partial charge is 0.345 e. The van der Waals surface area contributed by atoms with Crippen molar-refractivity contribution in [1.82, 2.24) is 9.47 Å². The van der Waals surface area contributed by atoms with Crippen LogP contribution in [0.2, 0.25) is 0 Å². The Balaban J connectivity index is 1.77. The highest BCUT2D eigenvalue weighted by atomic mass is 79.9. The number of carbonyl (C=O) groups is 1. The summed E-state index contributed by atoms with van der Waals surface area (Å²) in [6.07, 6.45) is 3.98. The first-order valence-electron chi connectivity index (χ1n) is 9.50. The standard InChI is InChI=1S/C23H24BrFN2O/c1-2-3-14-27(23(28)19-8-12-21(25)13-9-19)17-22-5-4-15-26(22)16-18-6-10-20(24)11-7-18/h4-13,15H,2-3,14,16-17H2,1H3. The fourth-order valence-electron chi connectivity index (χ4n) is 3.11.